The summed E-state index contributed by atoms with van der Waals surface area (Å²) in [6.07, 6.45) is 5.92. The summed E-state index contributed by atoms with van der Waals surface area (Å²) in [5, 5.41) is 0. The number of methoxy groups -OCH3 is 1. The molecule has 0 heterocycles. The number of hydrogen-bond acceptors (Lipinski definition) is 3. The Labute approximate surface area is 83.8 Å². The fourth-order valence-electron chi connectivity index (χ4n) is 2.69. The molecular formula is C11H16O3. The second-order valence-electron chi connectivity index (χ2n) is 4.61. The molecule has 0 aromatic carbocycles. The zero-order valence-corrected chi connectivity index (χ0v) is 8.54. The fraction of sp³-hybridized carbons (Fsp3) is 0.818. The van der Waals surface area contributed by atoms with E-state index in [-0.39, 0.29) is 17.2 Å². The van der Waals surface area contributed by atoms with E-state index in [0.29, 0.717) is 12.8 Å². The Morgan fingerprint density at radius 3 is 2.57 bits per heavy atom. The summed E-state index contributed by atoms with van der Waals surface area (Å²) < 4.78 is 4.62. The molecule has 2 aliphatic carbocycles. The van der Waals surface area contributed by atoms with Crippen LogP contribution in [0.2, 0.25) is 0 Å². The molecule has 2 saturated carbocycles. The van der Waals surface area contributed by atoms with E-state index < -0.39 is 5.92 Å². The summed E-state index contributed by atoms with van der Waals surface area (Å²) in [6.45, 7) is 0. The van der Waals surface area contributed by atoms with Gasteiger partial charge in [-0.15, -0.1) is 0 Å². The van der Waals surface area contributed by atoms with Crippen molar-refractivity contribution >= 4 is 11.8 Å². The average Bonchev–Trinajstić information content (AvgIpc) is 2.14. The van der Waals surface area contributed by atoms with Gasteiger partial charge in [-0.05, 0) is 31.1 Å². The van der Waals surface area contributed by atoms with E-state index in [1.807, 2.05) is 0 Å². The molecule has 78 valence electrons. The molecule has 0 bridgehead atoms. The van der Waals surface area contributed by atoms with Gasteiger partial charge < -0.3 is 4.74 Å². The molecule has 1 spiro atoms. The molecule has 3 nitrogen and oxygen atoms in total. The van der Waals surface area contributed by atoms with Crippen molar-refractivity contribution in [3.05, 3.63) is 0 Å². The van der Waals surface area contributed by atoms with Crippen LogP contribution in [0.5, 0.6) is 0 Å². The van der Waals surface area contributed by atoms with E-state index in [0.717, 1.165) is 6.42 Å². The summed E-state index contributed by atoms with van der Waals surface area (Å²) in [7, 11) is 1.35. The van der Waals surface area contributed by atoms with Crippen molar-refractivity contribution < 1.29 is 14.3 Å². The van der Waals surface area contributed by atoms with Gasteiger partial charge in [0.25, 0.3) is 0 Å². The van der Waals surface area contributed by atoms with Crippen molar-refractivity contribution in [3.8, 4) is 0 Å². The van der Waals surface area contributed by atoms with Crippen LogP contribution in [0.1, 0.15) is 38.5 Å². The fourth-order valence-corrected chi connectivity index (χ4v) is 2.69. The zero-order chi connectivity index (χ0) is 10.2. The minimum absolute atomic E-state index is 0.0998. The van der Waals surface area contributed by atoms with Gasteiger partial charge in [-0.25, -0.2) is 0 Å². The summed E-state index contributed by atoms with van der Waals surface area (Å²) in [5.41, 5.74) is 0.279. The van der Waals surface area contributed by atoms with Crippen LogP contribution in [0.3, 0.4) is 0 Å². The highest BCUT2D eigenvalue weighted by Gasteiger charge is 2.46. The minimum Gasteiger partial charge on any atom is -0.468 e. The average molecular weight is 196 g/mol. The number of hydrogen-bond donors (Lipinski definition) is 0. The molecule has 0 amide bonds. The number of carbonyl (C=O) groups excluding carboxylic acids is 2. The summed E-state index contributed by atoms with van der Waals surface area (Å²) in [6, 6.07) is 0. The van der Waals surface area contributed by atoms with Gasteiger partial charge in [0.05, 0.1) is 7.11 Å². The van der Waals surface area contributed by atoms with Crippen LogP contribution in [0, 0.1) is 11.3 Å². The van der Waals surface area contributed by atoms with Crippen molar-refractivity contribution in [1.82, 2.24) is 0 Å². The lowest BCUT2D eigenvalue weighted by atomic mass is 9.59. The second-order valence-corrected chi connectivity index (χ2v) is 4.61. The summed E-state index contributed by atoms with van der Waals surface area (Å²) >= 11 is 0. The second kappa shape index (κ2) is 3.37. The number of carbonyl (C=O) groups is 2. The van der Waals surface area contributed by atoms with Crippen molar-refractivity contribution in [2.45, 2.75) is 38.5 Å². The Kier molecular flexibility index (Phi) is 2.33. The molecule has 2 aliphatic rings. The maximum absolute atomic E-state index is 11.7. The maximum atomic E-state index is 11.7. The highest BCUT2D eigenvalue weighted by molar-refractivity contribution is 5.99. The predicted molar refractivity (Wildman–Crippen MR) is 50.6 cm³/mol. The Balaban J connectivity index is 2.00. The standard InChI is InChI=1S/C11H16O3/c1-14-10(13)8-3-6-11(4-2-5-11)7-9(8)12/h8H,2-7H2,1H3. The lowest BCUT2D eigenvalue weighted by Gasteiger charge is -2.45. The minimum atomic E-state index is -0.466. The smallest absolute Gasteiger partial charge is 0.316 e. The maximum Gasteiger partial charge on any atom is 0.316 e. The third kappa shape index (κ3) is 1.45. The third-order valence-corrected chi connectivity index (χ3v) is 3.80. The van der Waals surface area contributed by atoms with E-state index in [9.17, 15) is 9.59 Å². The third-order valence-electron chi connectivity index (χ3n) is 3.80. The van der Waals surface area contributed by atoms with Crippen LogP contribution in [-0.2, 0) is 14.3 Å². The summed E-state index contributed by atoms with van der Waals surface area (Å²) in [5.74, 6) is -0.710. The Morgan fingerprint density at radius 1 is 1.43 bits per heavy atom. The van der Waals surface area contributed by atoms with Crippen LogP contribution >= 0.6 is 0 Å². The van der Waals surface area contributed by atoms with Gasteiger partial charge in [0.2, 0.25) is 0 Å². The number of Topliss-reactive ketones (excluding diaryl/α,β-unsaturated/α-hetero) is 1. The molecular weight excluding hydrogens is 180 g/mol. The van der Waals surface area contributed by atoms with Crippen LogP contribution in [0.15, 0.2) is 0 Å². The van der Waals surface area contributed by atoms with Crippen molar-refractivity contribution in [2.75, 3.05) is 7.11 Å². The normalized spacial score (nSPS) is 29.8. The van der Waals surface area contributed by atoms with Crippen LogP contribution in [-0.4, -0.2) is 18.9 Å². The zero-order valence-electron chi connectivity index (χ0n) is 8.54. The molecule has 0 aliphatic heterocycles. The van der Waals surface area contributed by atoms with Crippen LogP contribution in [0.4, 0.5) is 0 Å². The largest absolute Gasteiger partial charge is 0.468 e. The summed E-state index contributed by atoms with van der Waals surface area (Å²) in [4.78, 5) is 23.0. The van der Waals surface area contributed by atoms with E-state index >= 15 is 0 Å². The molecule has 2 rings (SSSR count). The molecule has 1 atom stereocenters. The topological polar surface area (TPSA) is 43.4 Å². The van der Waals surface area contributed by atoms with Crippen molar-refractivity contribution in [2.24, 2.45) is 11.3 Å². The lowest BCUT2D eigenvalue weighted by molar-refractivity contribution is -0.153. The van der Waals surface area contributed by atoms with Gasteiger partial charge in [-0.1, -0.05) is 6.42 Å². The first-order valence-corrected chi connectivity index (χ1v) is 5.27. The Hall–Kier alpha value is -0.860. The first-order chi connectivity index (χ1) is 6.67. The molecule has 0 N–H and O–H groups in total. The van der Waals surface area contributed by atoms with Crippen LogP contribution < -0.4 is 0 Å². The molecule has 0 radical (unpaired) electrons. The molecule has 2 fully saturated rings. The first-order valence-electron chi connectivity index (χ1n) is 5.27. The SMILES string of the molecule is COC(=O)C1CCC2(CCC2)CC1=O. The number of esters is 1. The van der Waals surface area contributed by atoms with Gasteiger partial charge >= 0.3 is 5.97 Å². The van der Waals surface area contributed by atoms with E-state index in [4.69, 9.17) is 0 Å². The molecule has 1 unspecified atom stereocenters. The number of ketones is 1. The molecule has 0 saturated heterocycles. The monoisotopic (exact) mass is 196 g/mol. The molecule has 0 aromatic rings. The Morgan fingerprint density at radius 2 is 2.14 bits per heavy atom. The van der Waals surface area contributed by atoms with Crippen molar-refractivity contribution in [3.63, 3.8) is 0 Å². The van der Waals surface area contributed by atoms with E-state index in [1.165, 1.54) is 26.4 Å². The van der Waals surface area contributed by atoms with Gasteiger partial charge in [-0.3, -0.25) is 9.59 Å². The van der Waals surface area contributed by atoms with E-state index in [1.54, 1.807) is 0 Å². The molecule has 14 heavy (non-hydrogen) atoms. The lowest BCUT2D eigenvalue weighted by Crippen LogP contribution is -2.41. The van der Waals surface area contributed by atoms with Crippen LogP contribution in [0.25, 0.3) is 0 Å². The highest BCUT2D eigenvalue weighted by Crippen LogP contribution is 2.51. The van der Waals surface area contributed by atoms with Gasteiger partial charge in [0.1, 0.15) is 11.7 Å². The van der Waals surface area contributed by atoms with Crippen molar-refractivity contribution in [1.29, 1.82) is 0 Å². The molecule has 3 heteroatoms. The molecule has 0 aromatic heterocycles. The van der Waals surface area contributed by atoms with Gasteiger partial charge in [-0.2, -0.15) is 0 Å². The predicted octanol–water partition coefficient (Wildman–Crippen LogP) is 1.70. The number of rotatable bonds is 1. The van der Waals surface area contributed by atoms with Gasteiger partial charge in [0.15, 0.2) is 0 Å². The first kappa shape index (κ1) is 9.69. The Bertz CT molecular complexity index is 266. The highest BCUT2D eigenvalue weighted by atomic mass is 16.5. The number of ether oxygens (including phenoxy) is 1. The quantitative estimate of drug-likeness (QED) is 0.473. The van der Waals surface area contributed by atoms with E-state index in [2.05, 4.69) is 4.74 Å². The van der Waals surface area contributed by atoms with Gasteiger partial charge in [0, 0.05) is 6.42 Å².